The van der Waals surface area contributed by atoms with E-state index >= 15 is 0 Å². The second-order valence-electron chi connectivity index (χ2n) is 16.4. The topological polar surface area (TPSA) is 16.4 Å². The van der Waals surface area contributed by atoms with Gasteiger partial charge < -0.3 is 9.32 Å². The fourth-order valence-corrected chi connectivity index (χ4v) is 10.2. The molecule has 1 aromatic heterocycles. The van der Waals surface area contributed by atoms with Crippen molar-refractivity contribution >= 4 is 39.0 Å². The molecule has 0 bridgehead atoms. The van der Waals surface area contributed by atoms with Gasteiger partial charge in [0.15, 0.2) is 0 Å². The van der Waals surface area contributed by atoms with Crippen molar-refractivity contribution in [1.82, 2.24) is 0 Å². The Morgan fingerprint density at radius 3 is 1.52 bits per heavy atom. The Bertz CT molecular complexity index is 3380. The highest BCUT2D eigenvalue weighted by Gasteiger charge is 2.47. The molecule has 0 fully saturated rings. The highest BCUT2D eigenvalue weighted by molar-refractivity contribution is 6.09. The van der Waals surface area contributed by atoms with Crippen LogP contribution < -0.4 is 4.90 Å². The number of anilines is 3. The lowest BCUT2D eigenvalue weighted by atomic mass is 9.68. The van der Waals surface area contributed by atoms with E-state index in [-0.39, 0.29) is 0 Å². The molecule has 0 radical (unpaired) electrons. The molecule has 2 nitrogen and oxygen atoms in total. The van der Waals surface area contributed by atoms with Gasteiger partial charge in [-0.15, -0.1) is 0 Å². The van der Waals surface area contributed by atoms with Crippen LogP contribution in [0.25, 0.3) is 66.4 Å². The lowest BCUT2D eigenvalue weighted by Gasteiger charge is -2.34. The van der Waals surface area contributed by atoms with Gasteiger partial charge in [-0.25, -0.2) is 0 Å². The van der Waals surface area contributed by atoms with Crippen molar-refractivity contribution in [2.45, 2.75) is 5.41 Å². The van der Waals surface area contributed by atoms with Gasteiger partial charge in [-0.05, 0) is 98.1 Å². The second-order valence-corrected chi connectivity index (χ2v) is 16.4. The van der Waals surface area contributed by atoms with Crippen molar-refractivity contribution in [3.05, 3.63) is 271 Å². The normalized spacial score (nSPS) is 12.6. The maximum absolute atomic E-state index is 6.50. The maximum Gasteiger partial charge on any atom is 0.143 e. The van der Waals surface area contributed by atoms with Gasteiger partial charge in [-0.1, -0.05) is 206 Å². The minimum atomic E-state index is -0.515. The largest absolute Gasteiger partial charge is 0.455 e. The fraction of sp³-hybridized carbons (Fsp3) is 0.0164. The summed E-state index contributed by atoms with van der Waals surface area (Å²) in [6, 6.07) is 90.2. The van der Waals surface area contributed by atoms with Crippen LogP contribution in [0.5, 0.6) is 0 Å². The summed E-state index contributed by atoms with van der Waals surface area (Å²) in [7, 11) is 0. The minimum Gasteiger partial charge on any atom is -0.455 e. The van der Waals surface area contributed by atoms with E-state index in [1.54, 1.807) is 0 Å². The van der Waals surface area contributed by atoms with Gasteiger partial charge in [0.25, 0.3) is 0 Å². The van der Waals surface area contributed by atoms with Crippen molar-refractivity contribution in [3.8, 4) is 44.5 Å². The van der Waals surface area contributed by atoms with Gasteiger partial charge in [-0.2, -0.15) is 0 Å². The van der Waals surface area contributed by atoms with Crippen molar-refractivity contribution in [3.63, 3.8) is 0 Å². The molecule has 0 spiro atoms. The molecule has 10 aromatic carbocycles. The summed E-state index contributed by atoms with van der Waals surface area (Å²) in [5.74, 6) is 0. The first kappa shape index (κ1) is 36.6. The van der Waals surface area contributed by atoms with Crippen LogP contribution in [0.2, 0.25) is 0 Å². The molecule has 1 heterocycles. The molecule has 0 N–H and O–H groups in total. The zero-order chi connectivity index (χ0) is 41.7. The van der Waals surface area contributed by atoms with Gasteiger partial charge in [0.05, 0.1) is 11.1 Å². The fourth-order valence-electron chi connectivity index (χ4n) is 10.2. The molecule has 0 saturated heterocycles. The van der Waals surface area contributed by atoms with Crippen molar-refractivity contribution in [2.24, 2.45) is 0 Å². The van der Waals surface area contributed by atoms with Crippen LogP contribution in [0.1, 0.15) is 22.3 Å². The summed E-state index contributed by atoms with van der Waals surface area (Å²) in [5, 5.41) is 2.26. The third kappa shape index (κ3) is 5.95. The van der Waals surface area contributed by atoms with Gasteiger partial charge in [0.1, 0.15) is 11.2 Å². The molecule has 296 valence electrons. The zero-order valence-corrected chi connectivity index (χ0v) is 34.5. The smallest absolute Gasteiger partial charge is 0.143 e. The van der Waals surface area contributed by atoms with Crippen LogP contribution in [0, 0.1) is 0 Å². The summed E-state index contributed by atoms with van der Waals surface area (Å²) < 4.78 is 6.50. The SMILES string of the molecule is c1ccc(-c2cccc(-c3ccc(N(c4ccc(-c5cccc6c5oc5ccccc56)cc4)c4cccc5c4-c4ccccc4C5(c4ccccc4)c4ccccc4)cc3)c2)cc1. The molecule has 11 aromatic rings. The van der Waals surface area contributed by atoms with E-state index in [1.807, 2.05) is 12.1 Å². The Labute approximate surface area is 367 Å². The van der Waals surface area contributed by atoms with Crippen LogP contribution in [0.4, 0.5) is 17.1 Å². The molecule has 1 aliphatic rings. The Kier molecular flexibility index (Phi) is 8.76. The minimum absolute atomic E-state index is 0.515. The number of para-hydroxylation sites is 2. The molecule has 12 rings (SSSR count). The zero-order valence-electron chi connectivity index (χ0n) is 34.5. The Balaban J connectivity index is 1.05. The molecular formula is C61H41NO. The number of benzene rings is 10. The number of furan rings is 1. The monoisotopic (exact) mass is 803 g/mol. The van der Waals surface area contributed by atoms with Crippen molar-refractivity contribution in [2.75, 3.05) is 4.90 Å². The number of fused-ring (bicyclic) bond motifs is 6. The second kappa shape index (κ2) is 15.1. The van der Waals surface area contributed by atoms with Gasteiger partial charge in [0, 0.05) is 33.3 Å². The summed E-state index contributed by atoms with van der Waals surface area (Å²) in [6.07, 6.45) is 0. The van der Waals surface area contributed by atoms with Gasteiger partial charge in [-0.3, -0.25) is 0 Å². The Morgan fingerprint density at radius 2 is 0.825 bits per heavy atom. The molecule has 63 heavy (non-hydrogen) atoms. The Hall–Kier alpha value is -8.20. The van der Waals surface area contributed by atoms with E-state index in [2.05, 4.69) is 241 Å². The van der Waals surface area contributed by atoms with Gasteiger partial charge in [0.2, 0.25) is 0 Å². The van der Waals surface area contributed by atoms with Crippen LogP contribution in [-0.2, 0) is 5.41 Å². The maximum atomic E-state index is 6.50. The van der Waals surface area contributed by atoms with Gasteiger partial charge >= 0.3 is 0 Å². The van der Waals surface area contributed by atoms with E-state index in [0.29, 0.717) is 0 Å². The molecule has 2 heteroatoms. The first-order valence-corrected chi connectivity index (χ1v) is 21.7. The molecule has 0 amide bonds. The van der Waals surface area contributed by atoms with Crippen LogP contribution in [0.15, 0.2) is 253 Å². The molecule has 0 atom stereocenters. The first-order valence-electron chi connectivity index (χ1n) is 21.7. The molecule has 0 saturated carbocycles. The number of hydrogen-bond donors (Lipinski definition) is 0. The lowest BCUT2D eigenvalue weighted by Crippen LogP contribution is -2.28. The van der Waals surface area contributed by atoms with E-state index in [1.165, 1.54) is 55.6 Å². The third-order valence-electron chi connectivity index (χ3n) is 13.0. The number of nitrogens with zero attached hydrogens (tertiary/aromatic N) is 1. The van der Waals surface area contributed by atoms with Crippen LogP contribution in [-0.4, -0.2) is 0 Å². The van der Waals surface area contributed by atoms with Crippen molar-refractivity contribution < 1.29 is 4.42 Å². The molecule has 0 unspecified atom stereocenters. The number of hydrogen-bond acceptors (Lipinski definition) is 2. The van der Waals surface area contributed by atoms with Crippen molar-refractivity contribution in [1.29, 1.82) is 0 Å². The highest BCUT2D eigenvalue weighted by atomic mass is 16.3. The standard InChI is InChI=1S/C61H41NO/c1-4-17-42(18-5-1)45-19-14-20-46(41-45)43-33-37-49(38-34-43)62(50-39-35-44(36-40-50)51-27-15-28-53-52-25-11-13-32-58(52)63-60(51)53)57-31-16-30-56-59(57)54-26-10-12-29-55(54)61(56,47-21-6-2-7-22-47)48-23-8-3-9-24-48/h1-41H. The average Bonchev–Trinajstić information content (AvgIpc) is 3.90. The van der Waals surface area contributed by atoms with E-state index < -0.39 is 5.41 Å². The van der Waals surface area contributed by atoms with E-state index in [0.717, 1.165) is 50.1 Å². The first-order chi connectivity index (χ1) is 31.3. The summed E-state index contributed by atoms with van der Waals surface area (Å²) in [6.45, 7) is 0. The number of rotatable bonds is 8. The molecule has 0 aliphatic heterocycles. The molecule has 1 aliphatic carbocycles. The summed E-state index contributed by atoms with van der Waals surface area (Å²) >= 11 is 0. The third-order valence-corrected chi connectivity index (χ3v) is 13.0. The predicted molar refractivity (Wildman–Crippen MR) is 262 cm³/mol. The predicted octanol–water partition coefficient (Wildman–Crippen LogP) is 16.4. The molecular weight excluding hydrogens is 763 g/mol. The summed E-state index contributed by atoms with van der Waals surface area (Å²) in [4.78, 5) is 2.44. The van der Waals surface area contributed by atoms with E-state index in [9.17, 15) is 0 Å². The average molecular weight is 804 g/mol. The quantitative estimate of drug-likeness (QED) is 0.152. The summed E-state index contributed by atoms with van der Waals surface area (Å²) in [5.41, 5.74) is 19.0. The Morgan fingerprint density at radius 1 is 0.333 bits per heavy atom. The van der Waals surface area contributed by atoms with E-state index in [4.69, 9.17) is 4.42 Å². The lowest BCUT2D eigenvalue weighted by molar-refractivity contribution is 0.670. The van der Waals surface area contributed by atoms with Crippen LogP contribution >= 0.6 is 0 Å². The van der Waals surface area contributed by atoms with Crippen LogP contribution in [0.3, 0.4) is 0 Å². The highest BCUT2D eigenvalue weighted by Crippen LogP contribution is 2.59.